The molecule has 0 aliphatic heterocycles. The summed E-state index contributed by atoms with van der Waals surface area (Å²) in [7, 11) is 0. The number of rotatable bonds is 8. The molecule has 0 spiro atoms. The first kappa shape index (κ1) is 15.8. The summed E-state index contributed by atoms with van der Waals surface area (Å²) in [5, 5.41) is 0. The van der Waals surface area contributed by atoms with Crippen molar-refractivity contribution in [2.75, 3.05) is 18.0 Å². The summed E-state index contributed by atoms with van der Waals surface area (Å²) >= 11 is 3.76. The quantitative estimate of drug-likeness (QED) is 0.763. The van der Waals surface area contributed by atoms with Gasteiger partial charge in [-0.05, 0) is 71.6 Å². The highest BCUT2D eigenvalue weighted by atomic mass is 79.9. The summed E-state index contributed by atoms with van der Waals surface area (Å²) in [5.74, 6) is 0.918. The van der Waals surface area contributed by atoms with Crippen LogP contribution >= 0.6 is 15.9 Å². The molecule has 1 aromatic rings. The van der Waals surface area contributed by atoms with Crippen LogP contribution < -0.4 is 10.6 Å². The van der Waals surface area contributed by atoms with Gasteiger partial charge in [0.2, 0.25) is 0 Å². The highest BCUT2D eigenvalue weighted by molar-refractivity contribution is 9.10. The van der Waals surface area contributed by atoms with Gasteiger partial charge in [-0.25, -0.2) is 0 Å². The fraction of sp³-hybridized carbons (Fsp3) is 0.647. The second-order valence-electron chi connectivity index (χ2n) is 6.05. The van der Waals surface area contributed by atoms with Crippen molar-refractivity contribution >= 4 is 21.6 Å². The van der Waals surface area contributed by atoms with Crippen LogP contribution in [0, 0.1) is 5.92 Å². The van der Waals surface area contributed by atoms with Crippen molar-refractivity contribution in [3.63, 3.8) is 0 Å². The molecule has 1 atom stereocenters. The monoisotopic (exact) mass is 338 g/mol. The van der Waals surface area contributed by atoms with Gasteiger partial charge in [0, 0.05) is 23.6 Å². The van der Waals surface area contributed by atoms with Crippen molar-refractivity contribution in [1.29, 1.82) is 0 Å². The van der Waals surface area contributed by atoms with E-state index in [9.17, 15) is 0 Å². The van der Waals surface area contributed by atoms with Crippen molar-refractivity contribution in [2.24, 2.45) is 11.7 Å². The first-order valence-corrected chi connectivity index (χ1v) is 8.72. The van der Waals surface area contributed by atoms with Gasteiger partial charge >= 0.3 is 0 Å². The van der Waals surface area contributed by atoms with E-state index in [1.807, 2.05) is 0 Å². The smallest absolute Gasteiger partial charge is 0.0510 e. The normalized spacial score (nSPS) is 16.2. The van der Waals surface area contributed by atoms with Gasteiger partial charge in [-0.2, -0.15) is 0 Å². The topological polar surface area (TPSA) is 29.3 Å². The largest absolute Gasteiger partial charge is 0.370 e. The third-order valence-electron chi connectivity index (χ3n) is 4.04. The lowest BCUT2D eigenvalue weighted by atomic mass is 10.0. The molecule has 2 N–H and O–H groups in total. The summed E-state index contributed by atoms with van der Waals surface area (Å²) < 4.78 is 1.22. The number of halogens is 1. The lowest BCUT2D eigenvalue weighted by Crippen LogP contribution is -2.27. The van der Waals surface area contributed by atoms with E-state index in [2.05, 4.69) is 52.9 Å². The zero-order valence-corrected chi connectivity index (χ0v) is 14.3. The average Bonchev–Trinajstić information content (AvgIpc) is 3.22. The SMILES string of the molecule is CCCN(CC1CC1)c1ccc(CC(N)CC)cc1Br. The Kier molecular flexibility index (Phi) is 5.91. The number of hydrogen-bond donors (Lipinski definition) is 1. The molecular formula is C17H27BrN2. The van der Waals surface area contributed by atoms with Gasteiger partial charge in [0.25, 0.3) is 0 Å². The summed E-state index contributed by atoms with van der Waals surface area (Å²) in [6.07, 6.45) is 6.00. The highest BCUT2D eigenvalue weighted by Crippen LogP contribution is 2.34. The molecule has 0 bridgehead atoms. The van der Waals surface area contributed by atoms with Crippen LogP contribution in [0.25, 0.3) is 0 Å². The molecule has 3 heteroatoms. The van der Waals surface area contributed by atoms with Crippen molar-refractivity contribution < 1.29 is 0 Å². The van der Waals surface area contributed by atoms with Crippen molar-refractivity contribution in [3.05, 3.63) is 28.2 Å². The Hall–Kier alpha value is -0.540. The molecule has 1 aromatic carbocycles. The first-order chi connectivity index (χ1) is 9.63. The second-order valence-corrected chi connectivity index (χ2v) is 6.90. The fourth-order valence-electron chi connectivity index (χ4n) is 2.57. The molecule has 1 saturated carbocycles. The summed E-state index contributed by atoms with van der Waals surface area (Å²) in [5.41, 5.74) is 8.72. The van der Waals surface area contributed by atoms with Gasteiger partial charge in [-0.3, -0.25) is 0 Å². The minimum atomic E-state index is 0.269. The Bertz CT molecular complexity index is 429. The van der Waals surface area contributed by atoms with Gasteiger partial charge in [-0.15, -0.1) is 0 Å². The third kappa shape index (κ3) is 4.49. The summed E-state index contributed by atoms with van der Waals surface area (Å²) in [6, 6.07) is 7.02. The van der Waals surface area contributed by atoms with Crippen molar-refractivity contribution in [2.45, 2.75) is 52.0 Å². The lowest BCUT2D eigenvalue weighted by Gasteiger charge is -2.26. The number of anilines is 1. The van der Waals surface area contributed by atoms with E-state index in [0.717, 1.165) is 25.3 Å². The Morgan fingerprint density at radius 1 is 1.35 bits per heavy atom. The zero-order chi connectivity index (χ0) is 14.5. The molecule has 0 heterocycles. The minimum Gasteiger partial charge on any atom is -0.370 e. The van der Waals surface area contributed by atoms with Crippen LogP contribution in [0.2, 0.25) is 0 Å². The lowest BCUT2D eigenvalue weighted by molar-refractivity contribution is 0.646. The van der Waals surface area contributed by atoms with Crippen LogP contribution in [0.1, 0.15) is 45.1 Å². The number of benzene rings is 1. The number of hydrogen-bond acceptors (Lipinski definition) is 2. The van der Waals surface area contributed by atoms with Crippen LogP contribution in [-0.4, -0.2) is 19.1 Å². The van der Waals surface area contributed by atoms with E-state index in [4.69, 9.17) is 5.73 Å². The molecule has 2 rings (SSSR count). The van der Waals surface area contributed by atoms with E-state index < -0.39 is 0 Å². The van der Waals surface area contributed by atoms with E-state index in [0.29, 0.717) is 0 Å². The van der Waals surface area contributed by atoms with Gasteiger partial charge < -0.3 is 10.6 Å². The standard InChI is InChI=1S/C17H27BrN2/c1-3-9-20(12-13-5-6-13)17-8-7-14(11-16(17)18)10-15(19)4-2/h7-8,11,13,15H,3-6,9-10,12,19H2,1-2H3. The van der Waals surface area contributed by atoms with E-state index >= 15 is 0 Å². The second kappa shape index (κ2) is 7.46. The summed E-state index contributed by atoms with van der Waals surface area (Å²) in [6.45, 7) is 6.75. The third-order valence-corrected chi connectivity index (χ3v) is 4.68. The molecule has 112 valence electrons. The van der Waals surface area contributed by atoms with E-state index in [1.54, 1.807) is 0 Å². The molecular weight excluding hydrogens is 312 g/mol. The molecule has 0 saturated heterocycles. The van der Waals surface area contributed by atoms with Crippen molar-refractivity contribution in [3.8, 4) is 0 Å². The fourth-order valence-corrected chi connectivity index (χ4v) is 3.25. The van der Waals surface area contributed by atoms with Crippen LogP contribution in [0.3, 0.4) is 0 Å². The molecule has 1 aliphatic rings. The number of nitrogens with two attached hydrogens (primary N) is 1. The van der Waals surface area contributed by atoms with Gasteiger partial charge in [0.15, 0.2) is 0 Å². The summed E-state index contributed by atoms with van der Waals surface area (Å²) in [4.78, 5) is 2.53. The van der Waals surface area contributed by atoms with Crippen LogP contribution in [0.4, 0.5) is 5.69 Å². The predicted octanol–water partition coefficient (Wildman–Crippen LogP) is 4.36. The van der Waals surface area contributed by atoms with Crippen LogP contribution in [0.5, 0.6) is 0 Å². The Morgan fingerprint density at radius 2 is 2.10 bits per heavy atom. The zero-order valence-electron chi connectivity index (χ0n) is 12.7. The molecule has 1 fully saturated rings. The number of nitrogens with zero attached hydrogens (tertiary/aromatic N) is 1. The Balaban J connectivity index is 2.09. The van der Waals surface area contributed by atoms with E-state index in [1.165, 1.54) is 41.5 Å². The van der Waals surface area contributed by atoms with Crippen LogP contribution in [-0.2, 0) is 6.42 Å². The molecule has 0 amide bonds. The highest BCUT2D eigenvalue weighted by Gasteiger charge is 2.25. The van der Waals surface area contributed by atoms with Crippen LogP contribution in [0.15, 0.2) is 22.7 Å². The average molecular weight is 339 g/mol. The predicted molar refractivity (Wildman–Crippen MR) is 91.3 cm³/mol. The van der Waals surface area contributed by atoms with Crippen molar-refractivity contribution in [1.82, 2.24) is 0 Å². The minimum absolute atomic E-state index is 0.269. The Morgan fingerprint density at radius 3 is 2.65 bits per heavy atom. The van der Waals surface area contributed by atoms with E-state index in [-0.39, 0.29) is 6.04 Å². The maximum atomic E-state index is 6.05. The molecule has 1 aliphatic carbocycles. The molecule has 2 nitrogen and oxygen atoms in total. The molecule has 20 heavy (non-hydrogen) atoms. The molecule has 0 aromatic heterocycles. The van der Waals surface area contributed by atoms with Gasteiger partial charge in [0.05, 0.1) is 5.69 Å². The van der Waals surface area contributed by atoms with Gasteiger partial charge in [-0.1, -0.05) is 19.9 Å². The van der Waals surface area contributed by atoms with Gasteiger partial charge in [0.1, 0.15) is 0 Å². The first-order valence-electron chi connectivity index (χ1n) is 7.93. The molecule has 0 radical (unpaired) electrons. The maximum absolute atomic E-state index is 6.05. The maximum Gasteiger partial charge on any atom is 0.0510 e. The molecule has 1 unspecified atom stereocenters. The Labute approximate surface area is 131 Å².